The van der Waals surface area contributed by atoms with Gasteiger partial charge in [-0.1, -0.05) is 50.3 Å². The van der Waals surface area contributed by atoms with Gasteiger partial charge in [0.2, 0.25) is 35.4 Å². The van der Waals surface area contributed by atoms with Crippen LogP contribution in [0.2, 0.25) is 0 Å². The molecule has 0 saturated heterocycles. The van der Waals surface area contributed by atoms with Crippen LogP contribution < -0.4 is 31.9 Å². The average Bonchev–Trinajstić information content (AvgIpc) is 3.97. The number of rotatable bonds is 23. The van der Waals surface area contributed by atoms with Crippen molar-refractivity contribution in [3.05, 3.63) is 106 Å². The van der Waals surface area contributed by atoms with Crippen molar-refractivity contribution in [2.24, 2.45) is 0 Å². The minimum atomic E-state index is -1.98. The summed E-state index contributed by atoms with van der Waals surface area (Å²) in [5, 5.41) is 27.0. The summed E-state index contributed by atoms with van der Waals surface area (Å²) in [6, 6.07) is 8.24. The molecule has 1 aliphatic carbocycles. The first-order valence-corrected chi connectivity index (χ1v) is 24.9. The molecule has 3 atom stereocenters. The summed E-state index contributed by atoms with van der Waals surface area (Å²) in [6.45, 7) is 6.38. The van der Waals surface area contributed by atoms with Crippen LogP contribution in [0, 0.1) is 12.7 Å². The number of cyclic esters (lactones) is 1. The standard InChI is InChI=1S/C53H60FN9O13/c1-5-53(74)30(3)35(26-76-52(53)73)51(72)63-25-34-48-37(16-15-33-29(2)36(54)21-38(47(33)48)61-49(34)31(63)4)59-44(68)27-75-28-58-42(66)23-57-50(71)39(20-32-12-8-6-9-13-32)60-43(67)24-56-41(65)22-55-40(64)14-10-7-11-19-62-45(69)17-18-46(62)70/h6,8-9,12-13,17-18,21,37,39,74H,4-5,7,10-11,14-16,19-20,22-28H2,1-3H3,(H,55,64)(H,56,65)(H,57,71)(H,58,66)(H,59,68)(H,60,67)/t37-,39-,53-/m0/s1. The Morgan fingerprint density at radius 2 is 1.58 bits per heavy atom. The molecule has 3 aromatic rings. The summed E-state index contributed by atoms with van der Waals surface area (Å²) < 4.78 is 26.0. The molecule has 0 saturated carbocycles. The van der Waals surface area contributed by atoms with Crippen molar-refractivity contribution in [2.45, 2.75) is 96.4 Å². The molecule has 7 rings (SSSR count). The van der Waals surface area contributed by atoms with Gasteiger partial charge < -0.3 is 51.4 Å². The topological polar surface area (TPSA) is 301 Å². The third kappa shape index (κ3) is 12.7. The first-order chi connectivity index (χ1) is 36.3. The molecule has 7 N–H and O–H groups in total. The highest BCUT2D eigenvalue weighted by Crippen LogP contribution is 2.45. The van der Waals surface area contributed by atoms with E-state index in [2.05, 4.69) is 38.5 Å². The van der Waals surface area contributed by atoms with E-state index in [9.17, 15) is 53.1 Å². The predicted molar refractivity (Wildman–Crippen MR) is 269 cm³/mol. The van der Waals surface area contributed by atoms with Gasteiger partial charge in [-0.3, -0.25) is 48.1 Å². The summed E-state index contributed by atoms with van der Waals surface area (Å²) in [5.41, 5.74) is 2.14. The van der Waals surface area contributed by atoms with Gasteiger partial charge in [-0.25, -0.2) is 14.2 Å². The van der Waals surface area contributed by atoms with E-state index in [0.29, 0.717) is 76.5 Å². The van der Waals surface area contributed by atoms with Gasteiger partial charge in [0.1, 0.15) is 31.8 Å². The van der Waals surface area contributed by atoms with Gasteiger partial charge in [0, 0.05) is 48.6 Å². The maximum atomic E-state index is 15.3. The van der Waals surface area contributed by atoms with Crippen molar-refractivity contribution in [3.8, 4) is 0 Å². The molecular formula is C53H60FN9O13. The first kappa shape index (κ1) is 55.6. The number of amides is 9. The fraction of sp³-hybridized carbons (Fsp3) is 0.415. The number of fused-ring (bicyclic) bond motifs is 2. The molecule has 0 radical (unpaired) electrons. The number of carbonyl (C=O) groups is 10. The Hall–Kier alpha value is -8.18. The summed E-state index contributed by atoms with van der Waals surface area (Å²) in [6.07, 6.45) is 4.82. The number of ether oxygens (including phenoxy) is 2. The molecular weight excluding hydrogens is 990 g/mol. The Kier molecular flexibility index (Phi) is 17.9. The first-order valence-electron chi connectivity index (χ1n) is 24.9. The number of aromatic nitrogens is 1. The fourth-order valence-electron chi connectivity index (χ4n) is 9.51. The number of halogens is 1. The van der Waals surface area contributed by atoms with Gasteiger partial charge in [-0.15, -0.1) is 0 Å². The molecule has 0 unspecified atom stereocenters. The second-order valence-corrected chi connectivity index (χ2v) is 18.7. The lowest BCUT2D eigenvalue weighted by molar-refractivity contribution is -0.163. The third-order valence-corrected chi connectivity index (χ3v) is 13.8. The summed E-state index contributed by atoms with van der Waals surface area (Å²) in [4.78, 5) is 134. The molecule has 23 heteroatoms. The third-order valence-electron chi connectivity index (χ3n) is 13.8. The molecule has 76 heavy (non-hydrogen) atoms. The number of aliphatic hydroxyl groups is 1. The number of carbonyl (C=O) groups excluding carboxylic acids is 10. The number of esters is 1. The summed E-state index contributed by atoms with van der Waals surface area (Å²) in [7, 11) is 0. The second kappa shape index (κ2) is 24.4. The SMILES string of the molecule is C=C1c2nc3cc(F)c(C)c4c3c(c2CN1C(=O)C1=C(C)[C@@](O)(CC)C(=O)OC1)[C@@H](NC(=O)COCNC(=O)CNC(=O)[C@H](Cc1ccccc1)NC(=O)CNC(=O)CNC(=O)CCCCCN1C(=O)C=CC1=O)CC4. The highest BCUT2D eigenvalue weighted by molar-refractivity contribution is 6.13. The van der Waals surface area contributed by atoms with E-state index < -0.39 is 104 Å². The molecule has 1 aromatic heterocycles. The Labute approximate surface area is 436 Å². The number of hydrogen-bond donors (Lipinski definition) is 7. The second-order valence-electron chi connectivity index (χ2n) is 18.7. The number of aryl methyl sites for hydroxylation is 1. The Bertz CT molecular complexity index is 2940. The van der Waals surface area contributed by atoms with Crippen molar-refractivity contribution < 1.29 is 66.9 Å². The lowest BCUT2D eigenvalue weighted by Crippen LogP contribution is -2.52. The molecule has 0 spiro atoms. The minimum Gasteiger partial charge on any atom is -0.458 e. The highest BCUT2D eigenvalue weighted by atomic mass is 19.1. The minimum absolute atomic E-state index is 0.0185. The largest absolute Gasteiger partial charge is 0.458 e. The highest BCUT2D eigenvalue weighted by Gasteiger charge is 2.46. The molecule has 4 heterocycles. The molecule has 22 nitrogen and oxygen atoms in total. The van der Waals surface area contributed by atoms with E-state index in [1.54, 1.807) is 44.2 Å². The van der Waals surface area contributed by atoms with Crippen LogP contribution >= 0.6 is 0 Å². The van der Waals surface area contributed by atoms with Gasteiger partial charge >= 0.3 is 5.97 Å². The monoisotopic (exact) mass is 1050 g/mol. The molecule has 0 fully saturated rings. The van der Waals surface area contributed by atoms with E-state index in [4.69, 9.17) is 14.5 Å². The summed E-state index contributed by atoms with van der Waals surface area (Å²) in [5.74, 6) is -6.35. The van der Waals surface area contributed by atoms with Crippen molar-refractivity contribution in [1.82, 2.24) is 46.7 Å². The Morgan fingerprint density at radius 3 is 2.30 bits per heavy atom. The van der Waals surface area contributed by atoms with Gasteiger partial charge in [0.15, 0.2) is 5.60 Å². The molecule has 3 aliphatic heterocycles. The molecule has 9 amide bonds. The van der Waals surface area contributed by atoms with Gasteiger partial charge in [0.25, 0.3) is 17.7 Å². The number of nitrogens with one attached hydrogen (secondary N) is 6. The quantitative estimate of drug-likeness (QED) is 0.0299. The van der Waals surface area contributed by atoms with E-state index >= 15 is 4.39 Å². The van der Waals surface area contributed by atoms with Crippen LogP contribution in [-0.2, 0) is 76.8 Å². The average molecular weight is 1050 g/mol. The van der Waals surface area contributed by atoms with Crippen LogP contribution in [0.15, 0.2) is 66.3 Å². The number of imide groups is 1. The van der Waals surface area contributed by atoms with Crippen LogP contribution in [-0.4, -0.2) is 137 Å². The van der Waals surface area contributed by atoms with Gasteiger partial charge in [-0.2, -0.15) is 0 Å². The Balaban J connectivity index is 0.872. The fourth-order valence-corrected chi connectivity index (χ4v) is 9.51. The normalized spacial score (nSPS) is 18.0. The molecule has 402 valence electrons. The molecule has 4 aliphatic rings. The summed E-state index contributed by atoms with van der Waals surface area (Å²) >= 11 is 0. The van der Waals surface area contributed by atoms with E-state index in [0.717, 1.165) is 4.90 Å². The van der Waals surface area contributed by atoms with E-state index in [1.165, 1.54) is 30.0 Å². The number of pyridine rings is 1. The van der Waals surface area contributed by atoms with Crippen LogP contribution in [0.4, 0.5) is 4.39 Å². The van der Waals surface area contributed by atoms with E-state index in [-0.39, 0.29) is 67.6 Å². The van der Waals surface area contributed by atoms with Gasteiger partial charge in [0.05, 0.1) is 54.7 Å². The Morgan fingerprint density at radius 1 is 0.895 bits per heavy atom. The zero-order chi connectivity index (χ0) is 54.8. The molecule has 2 aromatic carbocycles. The number of nitrogens with zero attached hydrogens (tertiary/aromatic N) is 3. The van der Waals surface area contributed by atoms with Crippen LogP contribution in [0.3, 0.4) is 0 Å². The maximum Gasteiger partial charge on any atom is 0.342 e. The predicted octanol–water partition coefficient (Wildman–Crippen LogP) is 0.765. The zero-order valence-corrected chi connectivity index (χ0v) is 42.4. The van der Waals surface area contributed by atoms with Crippen molar-refractivity contribution >= 4 is 75.7 Å². The smallest absolute Gasteiger partial charge is 0.342 e. The molecule has 0 bridgehead atoms. The number of hydrogen-bond acceptors (Lipinski definition) is 14. The number of benzene rings is 2. The number of unbranched alkanes of at least 4 members (excludes halogenated alkanes) is 2. The lowest BCUT2D eigenvalue weighted by Gasteiger charge is -2.33. The van der Waals surface area contributed by atoms with Crippen LogP contribution in [0.1, 0.15) is 91.9 Å². The van der Waals surface area contributed by atoms with Gasteiger partial charge in [-0.05, 0) is 73.8 Å². The van der Waals surface area contributed by atoms with Crippen molar-refractivity contribution in [1.29, 1.82) is 0 Å². The van der Waals surface area contributed by atoms with Crippen LogP contribution in [0.5, 0.6) is 0 Å². The van der Waals surface area contributed by atoms with Crippen LogP contribution in [0.25, 0.3) is 16.6 Å². The maximum absolute atomic E-state index is 15.3. The lowest BCUT2D eigenvalue weighted by atomic mass is 9.82. The van der Waals surface area contributed by atoms with Crippen molar-refractivity contribution in [3.63, 3.8) is 0 Å². The zero-order valence-electron chi connectivity index (χ0n) is 42.4. The van der Waals surface area contributed by atoms with E-state index in [1.807, 2.05) is 0 Å². The van der Waals surface area contributed by atoms with Crippen molar-refractivity contribution in [2.75, 3.05) is 46.1 Å².